The number of esters is 1. The predicted molar refractivity (Wildman–Crippen MR) is 71.3 cm³/mol. The third-order valence-electron chi connectivity index (χ3n) is 2.73. The summed E-state index contributed by atoms with van der Waals surface area (Å²) in [6, 6.07) is 6.97. The number of carbonyl (C=O) groups is 1. The molecule has 5 nitrogen and oxygen atoms in total. The van der Waals surface area contributed by atoms with Gasteiger partial charge < -0.3 is 14.0 Å². The van der Waals surface area contributed by atoms with Gasteiger partial charge in [-0.25, -0.2) is 4.79 Å². The summed E-state index contributed by atoms with van der Waals surface area (Å²) in [5, 5.41) is 1.25. The second-order valence-electron chi connectivity index (χ2n) is 4.04. The summed E-state index contributed by atoms with van der Waals surface area (Å²) in [6.45, 7) is 1.89. The van der Waals surface area contributed by atoms with Crippen molar-refractivity contribution in [2.24, 2.45) is 7.05 Å². The van der Waals surface area contributed by atoms with Crippen molar-refractivity contribution >= 4 is 16.7 Å². The Bertz CT molecular complexity index is 660. The molecule has 2 rings (SSSR count). The van der Waals surface area contributed by atoms with Gasteiger partial charge in [0, 0.05) is 18.6 Å². The highest BCUT2D eigenvalue weighted by molar-refractivity contribution is 5.87. The molecule has 0 aliphatic rings. The lowest BCUT2D eigenvalue weighted by Gasteiger charge is -2.09. The Morgan fingerprint density at radius 2 is 2.05 bits per heavy atom. The van der Waals surface area contributed by atoms with E-state index in [0.717, 1.165) is 0 Å². The third-order valence-corrected chi connectivity index (χ3v) is 2.73. The van der Waals surface area contributed by atoms with Crippen LogP contribution in [0.1, 0.15) is 6.92 Å². The highest BCUT2D eigenvalue weighted by Gasteiger charge is 2.08. The van der Waals surface area contributed by atoms with Crippen molar-refractivity contribution in [2.75, 3.05) is 13.2 Å². The number of aromatic nitrogens is 1. The number of ether oxygens (including phenoxy) is 2. The molecule has 5 heteroatoms. The summed E-state index contributed by atoms with van der Waals surface area (Å²) < 4.78 is 11.7. The van der Waals surface area contributed by atoms with E-state index in [4.69, 9.17) is 9.47 Å². The van der Waals surface area contributed by atoms with Crippen molar-refractivity contribution in [1.29, 1.82) is 0 Å². The molecule has 1 heterocycles. The fourth-order valence-electron chi connectivity index (χ4n) is 1.81. The van der Waals surface area contributed by atoms with Crippen LogP contribution < -0.4 is 10.3 Å². The van der Waals surface area contributed by atoms with Crippen LogP contribution in [0.5, 0.6) is 5.75 Å². The molecule has 0 saturated heterocycles. The van der Waals surface area contributed by atoms with Crippen LogP contribution in [0, 0.1) is 0 Å². The van der Waals surface area contributed by atoms with E-state index >= 15 is 0 Å². The molecule has 0 bridgehead atoms. The number of nitrogens with zero attached hydrogens (tertiary/aromatic N) is 1. The van der Waals surface area contributed by atoms with E-state index in [2.05, 4.69) is 0 Å². The molecule has 0 spiro atoms. The zero-order chi connectivity index (χ0) is 13.8. The van der Waals surface area contributed by atoms with E-state index in [-0.39, 0.29) is 12.2 Å². The molecule has 100 valence electrons. The van der Waals surface area contributed by atoms with Crippen LogP contribution in [-0.4, -0.2) is 23.8 Å². The predicted octanol–water partition coefficient (Wildman–Crippen LogP) is 1.48. The minimum atomic E-state index is -0.427. The fourth-order valence-corrected chi connectivity index (χ4v) is 1.81. The average molecular weight is 261 g/mol. The first-order valence-electron chi connectivity index (χ1n) is 6.00. The maximum Gasteiger partial charge on any atom is 0.344 e. The second-order valence-corrected chi connectivity index (χ2v) is 4.04. The smallest absolute Gasteiger partial charge is 0.344 e. The van der Waals surface area contributed by atoms with Crippen LogP contribution in [0.25, 0.3) is 10.8 Å². The van der Waals surface area contributed by atoms with Gasteiger partial charge in [-0.05, 0) is 25.1 Å². The number of rotatable bonds is 4. The van der Waals surface area contributed by atoms with Crippen molar-refractivity contribution in [1.82, 2.24) is 4.57 Å². The second kappa shape index (κ2) is 5.56. The molecule has 1 aromatic heterocycles. The van der Waals surface area contributed by atoms with Crippen LogP contribution in [0.4, 0.5) is 0 Å². The van der Waals surface area contributed by atoms with Crippen LogP contribution >= 0.6 is 0 Å². The number of hydrogen-bond donors (Lipinski definition) is 0. The van der Waals surface area contributed by atoms with Gasteiger partial charge in [-0.15, -0.1) is 0 Å². The monoisotopic (exact) mass is 261 g/mol. The van der Waals surface area contributed by atoms with Gasteiger partial charge in [0.15, 0.2) is 6.61 Å². The fraction of sp³-hybridized carbons (Fsp3) is 0.286. The number of aryl methyl sites for hydroxylation is 1. The number of carbonyl (C=O) groups excluding carboxylic acids is 1. The molecule has 1 aromatic carbocycles. The molecular formula is C14H15NO4. The molecule has 0 unspecified atom stereocenters. The molecule has 0 aliphatic carbocycles. The Balaban J connectivity index is 2.32. The van der Waals surface area contributed by atoms with Gasteiger partial charge in [-0.2, -0.15) is 0 Å². The van der Waals surface area contributed by atoms with E-state index in [1.165, 1.54) is 4.57 Å². The zero-order valence-corrected chi connectivity index (χ0v) is 10.9. The molecule has 0 N–H and O–H groups in total. The largest absolute Gasteiger partial charge is 0.481 e. The van der Waals surface area contributed by atoms with Gasteiger partial charge in [-0.3, -0.25) is 4.79 Å². The SMILES string of the molecule is CCOC(=O)COc1cccc2c(=O)n(C)ccc12. The number of fused-ring (bicyclic) bond motifs is 1. The average Bonchev–Trinajstić information content (AvgIpc) is 2.41. The van der Waals surface area contributed by atoms with E-state index in [9.17, 15) is 9.59 Å². The maximum absolute atomic E-state index is 11.9. The molecule has 0 aliphatic heterocycles. The van der Waals surface area contributed by atoms with Gasteiger partial charge in [0.05, 0.1) is 12.0 Å². The summed E-state index contributed by atoms with van der Waals surface area (Å²) in [5.74, 6) is 0.0755. The van der Waals surface area contributed by atoms with Crippen molar-refractivity contribution in [2.45, 2.75) is 6.92 Å². The number of benzene rings is 1. The van der Waals surface area contributed by atoms with E-state index in [0.29, 0.717) is 23.1 Å². The molecular weight excluding hydrogens is 246 g/mol. The first-order chi connectivity index (χ1) is 9.13. The van der Waals surface area contributed by atoms with Gasteiger partial charge in [-0.1, -0.05) is 6.07 Å². The van der Waals surface area contributed by atoms with Gasteiger partial charge in [0.25, 0.3) is 5.56 Å². The van der Waals surface area contributed by atoms with Crippen molar-refractivity contribution < 1.29 is 14.3 Å². The van der Waals surface area contributed by atoms with Crippen LogP contribution in [-0.2, 0) is 16.6 Å². The van der Waals surface area contributed by atoms with Crippen molar-refractivity contribution in [3.05, 3.63) is 40.8 Å². The first-order valence-corrected chi connectivity index (χ1v) is 6.00. The first kappa shape index (κ1) is 13.1. The lowest BCUT2D eigenvalue weighted by molar-refractivity contribution is -0.145. The van der Waals surface area contributed by atoms with Crippen LogP contribution in [0.2, 0.25) is 0 Å². The Morgan fingerprint density at radius 1 is 1.26 bits per heavy atom. The highest BCUT2D eigenvalue weighted by Crippen LogP contribution is 2.22. The molecule has 19 heavy (non-hydrogen) atoms. The quantitative estimate of drug-likeness (QED) is 0.782. The van der Waals surface area contributed by atoms with Crippen LogP contribution in [0.3, 0.4) is 0 Å². The molecule has 0 radical (unpaired) electrons. The van der Waals surface area contributed by atoms with E-state index in [1.54, 1.807) is 44.4 Å². The summed E-state index contributed by atoms with van der Waals surface area (Å²) >= 11 is 0. The molecule has 2 aromatic rings. The zero-order valence-electron chi connectivity index (χ0n) is 10.9. The summed E-state index contributed by atoms with van der Waals surface area (Å²) in [6.07, 6.45) is 1.67. The van der Waals surface area contributed by atoms with Gasteiger partial charge >= 0.3 is 5.97 Å². The minimum absolute atomic E-state index is 0.0981. The normalized spacial score (nSPS) is 10.4. The lowest BCUT2D eigenvalue weighted by Crippen LogP contribution is -2.17. The summed E-state index contributed by atoms with van der Waals surface area (Å²) in [4.78, 5) is 23.2. The van der Waals surface area contributed by atoms with Gasteiger partial charge in [0.2, 0.25) is 0 Å². The maximum atomic E-state index is 11.9. The summed E-state index contributed by atoms with van der Waals surface area (Å²) in [5.41, 5.74) is -0.0981. The topological polar surface area (TPSA) is 57.5 Å². The Hall–Kier alpha value is -2.30. The Kier molecular flexibility index (Phi) is 3.85. The highest BCUT2D eigenvalue weighted by atomic mass is 16.6. The third kappa shape index (κ3) is 2.76. The Morgan fingerprint density at radius 3 is 2.79 bits per heavy atom. The minimum Gasteiger partial charge on any atom is -0.481 e. The van der Waals surface area contributed by atoms with Crippen molar-refractivity contribution in [3.8, 4) is 5.75 Å². The van der Waals surface area contributed by atoms with E-state index in [1.807, 2.05) is 0 Å². The lowest BCUT2D eigenvalue weighted by atomic mass is 10.1. The Labute approximate surface area is 110 Å². The molecule has 0 fully saturated rings. The van der Waals surface area contributed by atoms with Gasteiger partial charge in [0.1, 0.15) is 5.75 Å². The van der Waals surface area contributed by atoms with E-state index < -0.39 is 5.97 Å². The summed E-state index contributed by atoms with van der Waals surface area (Å²) in [7, 11) is 1.69. The van der Waals surface area contributed by atoms with Crippen molar-refractivity contribution in [3.63, 3.8) is 0 Å². The molecule has 0 atom stereocenters. The molecule has 0 amide bonds. The standard InChI is InChI=1S/C14H15NO4/c1-3-18-13(16)9-19-12-6-4-5-11-10(12)7-8-15(2)14(11)17/h4-8H,3,9H2,1-2H3. The number of pyridine rings is 1. The van der Waals surface area contributed by atoms with Crippen LogP contribution in [0.15, 0.2) is 35.3 Å². The molecule has 0 saturated carbocycles. The number of hydrogen-bond acceptors (Lipinski definition) is 4.